The van der Waals surface area contributed by atoms with E-state index in [0.717, 1.165) is 24.3 Å². The smallest absolute Gasteiger partial charge is 0.269 e. The normalized spacial score (nSPS) is 11.5. The van der Waals surface area contributed by atoms with E-state index in [1.54, 1.807) is 0 Å². The number of nitrogens with one attached hydrogen (secondary N) is 1. The van der Waals surface area contributed by atoms with E-state index in [4.69, 9.17) is 14.3 Å². The summed E-state index contributed by atoms with van der Waals surface area (Å²) in [5.74, 6) is 0. The average molecular weight is 320 g/mol. The van der Waals surface area contributed by atoms with Crippen LogP contribution >= 0.6 is 0 Å². The predicted octanol–water partition coefficient (Wildman–Crippen LogP) is 0.468. The lowest BCUT2D eigenvalue weighted by atomic mass is 10.3. The molecule has 0 aromatic heterocycles. The van der Waals surface area contributed by atoms with E-state index in [-0.39, 0.29) is 23.8 Å². The van der Waals surface area contributed by atoms with Gasteiger partial charge in [0.25, 0.3) is 15.7 Å². The van der Waals surface area contributed by atoms with Gasteiger partial charge in [0.1, 0.15) is 0 Å². The number of non-ortho nitro benzene ring substituents is 1. The van der Waals surface area contributed by atoms with Crippen molar-refractivity contribution in [1.82, 2.24) is 4.89 Å². The summed E-state index contributed by atoms with van der Waals surface area (Å²) in [7, 11) is -2.34. The van der Waals surface area contributed by atoms with Crippen LogP contribution in [0.1, 0.15) is 0 Å². The number of nitro benzene ring substituents is 1. The number of benzene rings is 1. The number of hydrogen-bond donors (Lipinski definition) is 1. The van der Waals surface area contributed by atoms with Crippen LogP contribution < -0.4 is 4.89 Å². The minimum atomic E-state index is -3.88. The Hall–Kier alpha value is -1.59. The van der Waals surface area contributed by atoms with Crippen molar-refractivity contribution in [2.45, 2.75) is 4.90 Å². The third-order valence-corrected chi connectivity index (χ3v) is 3.52. The third-order valence-electron chi connectivity index (χ3n) is 2.29. The first-order valence-corrected chi connectivity index (χ1v) is 7.40. The fraction of sp³-hybridized carbons (Fsp3) is 0.455. The lowest BCUT2D eigenvalue weighted by Crippen LogP contribution is -2.26. The Labute approximate surface area is 122 Å². The van der Waals surface area contributed by atoms with Gasteiger partial charge in [0.2, 0.25) is 0 Å². The Morgan fingerprint density at radius 3 is 2.33 bits per heavy atom. The van der Waals surface area contributed by atoms with E-state index < -0.39 is 14.9 Å². The topological polar surface area (TPSA) is 117 Å². The number of nitrogens with zero attached hydrogens (tertiary/aromatic N) is 1. The summed E-state index contributed by atoms with van der Waals surface area (Å²) in [5.41, 5.74) is -0.193. The number of hydrogen-bond acceptors (Lipinski definition) is 7. The van der Waals surface area contributed by atoms with Crippen molar-refractivity contribution in [3.05, 3.63) is 34.4 Å². The monoisotopic (exact) mass is 320 g/mol. The maximum atomic E-state index is 11.8. The second kappa shape index (κ2) is 8.64. The average Bonchev–Trinajstić information content (AvgIpc) is 2.46. The maximum Gasteiger partial charge on any atom is 0.269 e. The van der Waals surface area contributed by atoms with Crippen molar-refractivity contribution in [3.63, 3.8) is 0 Å². The molecule has 0 fully saturated rings. The fourth-order valence-electron chi connectivity index (χ4n) is 1.26. The zero-order chi connectivity index (χ0) is 15.7. The van der Waals surface area contributed by atoms with E-state index in [1.165, 1.54) is 7.11 Å². The standard InChI is InChI=1S/C11H16N2O7S/c1-18-6-7-19-8-9-20-12-21(16,17)11-4-2-10(3-5-11)13(14)15/h2-5,12H,6-9H2,1H3. The Balaban J connectivity index is 2.41. The molecule has 0 spiro atoms. The van der Waals surface area contributed by atoms with Crippen LogP contribution in [0.2, 0.25) is 0 Å². The SMILES string of the molecule is COCCOCCONS(=O)(=O)c1ccc([N+](=O)[O-])cc1. The molecule has 10 heteroatoms. The van der Waals surface area contributed by atoms with Gasteiger partial charge in [-0.25, -0.2) is 8.42 Å². The highest BCUT2D eigenvalue weighted by molar-refractivity contribution is 7.89. The quantitative estimate of drug-likeness (QED) is 0.378. The minimum absolute atomic E-state index is 0.0237. The molecule has 0 amide bonds. The van der Waals surface area contributed by atoms with Crippen molar-refractivity contribution in [1.29, 1.82) is 0 Å². The highest BCUT2D eigenvalue weighted by atomic mass is 32.2. The molecule has 0 heterocycles. The highest BCUT2D eigenvalue weighted by Crippen LogP contribution is 2.15. The largest absolute Gasteiger partial charge is 0.382 e. The molecule has 1 N–H and O–H groups in total. The number of rotatable bonds is 10. The van der Waals surface area contributed by atoms with Gasteiger partial charge in [-0.1, -0.05) is 4.89 Å². The zero-order valence-electron chi connectivity index (χ0n) is 11.4. The van der Waals surface area contributed by atoms with E-state index in [1.807, 2.05) is 4.89 Å². The molecule has 118 valence electrons. The lowest BCUT2D eigenvalue weighted by molar-refractivity contribution is -0.384. The molecule has 1 aromatic rings. The van der Waals surface area contributed by atoms with Crippen LogP contribution in [0.5, 0.6) is 0 Å². The first-order chi connectivity index (χ1) is 9.97. The van der Waals surface area contributed by atoms with Gasteiger partial charge in [0, 0.05) is 19.2 Å². The molecule has 1 aromatic carbocycles. The lowest BCUT2D eigenvalue weighted by Gasteiger charge is -2.07. The molecule has 1 rings (SSSR count). The molecule has 0 saturated carbocycles. The van der Waals surface area contributed by atoms with Gasteiger partial charge >= 0.3 is 0 Å². The summed E-state index contributed by atoms with van der Waals surface area (Å²) in [6.07, 6.45) is 0. The Bertz CT molecular complexity index is 544. The Morgan fingerprint density at radius 2 is 1.76 bits per heavy atom. The van der Waals surface area contributed by atoms with Crippen LogP contribution in [0.4, 0.5) is 5.69 Å². The predicted molar refractivity (Wildman–Crippen MR) is 72.1 cm³/mol. The van der Waals surface area contributed by atoms with Crippen molar-refractivity contribution >= 4 is 15.7 Å². The fourth-order valence-corrected chi connectivity index (χ4v) is 2.09. The van der Waals surface area contributed by atoms with Crippen LogP contribution in [-0.4, -0.2) is 46.9 Å². The van der Waals surface area contributed by atoms with E-state index in [0.29, 0.717) is 13.2 Å². The van der Waals surface area contributed by atoms with Gasteiger partial charge in [-0.3, -0.25) is 15.0 Å². The molecule has 0 saturated heterocycles. The second-order valence-corrected chi connectivity index (χ2v) is 5.44. The van der Waals surface area contributed by atoms with E-state index in [2.05, 4.69) is 0 Å². The maximum absolute atomic E-state index is 11.8. The summed E-state index contributed by atoms with van der Waals surface area (Å²) in [6, 6.07) is 4.45. The van der Waals surface area contributed by atoms with Gasteiger partial charge < -0.3 is 9.47 Å². The van der Waals surface area contributed by atoms with E-state index >= 15 is 0 Å². The van der Waals surface area contributed by atoms with Crippen LogP contribution in [0, 0.1) is 10.1 Å². The molecule has 9 nitrogen and oxygen atoms in total. The van der Waals surface area contributed by atoms with Gasteiger partial charge in [-0.05, 0) is 12.1 Å². The van der Waals surface area contributed by atoms with Gasteiger partial charge in [0.05, 0.1) is 36.2 Å². The second-order valence-electron chi connectivity index (χ2n) is 3.79. The summed E-state index contributed by atoms with van der Waals surface area (Å²) < 4.78 is 33.4. The van der Waals surface area contributed by atoms with Crippen molar-refractivity contribution < 1.29 is 27.7 Å². The molecule has 0 atom stereocenters. The molecule has 0 aliphatic carbocycles. The molecule has 0 unspecified atom stereocenters. The first-order valence-electron chi connectivity index (χ1n) is 5.92. The molecule has 0 aliphatic rings. The molecule has 21 heavy (non-hydrogen) atoms. The number of nitro groups is 1. The van der Waals surface area contributed by atoms with E-state index in [9.17, 15) is 18.5 Å². The number of sulfonamides is 1. The molecule has 0 radical (unpaired) electrons. The highest BCUT2D eigenvalue weighted by Gasteiger charge is 2.15. The first kappa shape index (κ1) is 17.5. The molecule has 0 aliphatic heterocycles. The summed E-state index contributed by atoms with van der Waals surface area (Å²) >= 11 is 0. The van der Waals surface area contributed by atoms with Gasteiger partial charge in [-0.15, -0.1) is 0 Å². The Kier molecular flexibility index (Phi) is 7.19. The van der Waals surface area contributed by atoms with Crippen molar-refractivity contribution in [3.8, 4) is 0 Å². The Morgan fingerprint density at radius 1 is 1.14 bits per heavy atom. The molecular formula is C11H16N2O7S. The summed E-state index contributed by atoms with van der Waals surface area (Å²) in [4.78, 5) is 16.4. The van der Waals surface area contributed by atoms with Crippen molar-refractivity contribution in [2.75, 3.05) is 33.5 Å². The third kappa shape index (κ3) is 6.14. The van der Waals surface area contributed by atoms with Crippen LogP contribution in [-0.2, 0) is 24.3 Å². The van der Waals surface area contributed by atoms with Crippen LogP contribution in [0.15, 0.2) is 29.2 Å². The number of methoxy groups -OCH3 is 1. The summed E-state index contributed by atoms with van der Waals surface area (Å²) in [5, 5.41) is 10.5. The van der Waals surface area contributed by atoms with Crippen LogP contribution in [0.3, 0.4) is 0 Å². The van der Waals surface area contributed by atoms with Crippen molar-refractivity contribution in [2.24, 2.45) is 0 Å². The van der Waals surface area contributed by atoms with Gasteiger partial charge in [-0.2, -0.15) is 0 Å². The summed E-state index contributed by atoms with van der Waals surface area (Å²) in [6.45, 7) is 1.05. The number of ether oxygens (including phenoxy) is 2. The molecule has 0 bridgehead atoms. The molecular weight excluding hydrogens is 304 g/mol. The van der Waals surface area contributed by atoms with Crippen LogP contribution in [0.25, 0.3) is 0 Å². The minimum Gasteiger partial charge on any atom is -0.382 e. The van der Waals surface area contributed by atoms with Gasteiger partial charge in [0.15, 0.2) is 0 Å². The zero-order valence-corrected chi connectivity index (χ0v) is 12.2.